The van der Waals surface area contributed by atoms with Crippen LogP contribution in [0.25, 0.3) is 28.2 Å². The summed E-state index contributed by atoms with van der Waals surface area (Å²) in [7, 11) is 1.91. The molecule has 3 heterocycles. The van der Waals surface area contributed by atoms with Gasteiger partial charge in [-0.25, -0.2) is 14.8 Å². The molecule has 4 rings (SSSR count). The predicted molar refractivity (Wildman–Crippen MR) is 106 cm³/mol. The van der Waals surface area contributed by atoms with Crippen LogP contribution >= 0.6 is 0 Å². The molecule has 0 radical (unpaired) electrons. The van der Waals surface area contributed by atoms with Gasteiger partial charge in [0, 0.05) is 30.1 Å². The van der Waals surface area contributed by atoms with E-state index in [1.165, 1.54) is 0 Å². The highest BCUT2D eigenvalue weighted by molar-refractivity contribution is 5.90. The molecule has 154 valence electrons. The zero-order valence-corrected chi connectivity index (χ0v) is 15.8. The fourth-order valence-electron chi connectivity index (χ4n) is 3.10. The van der Waals surface area contributed by atoms with Crippen LogP contribution in [-0.2, 0) is 7.05 Å². The number of hydrogen-bond donors (Lipinski definition) is 2. The summed E-state index contributed by atoms with van der Waals surface area (Å²) >= 11 is 0. The largest absolute Gasteiger partial charge is 0.405 e. The molecule has 0 saturated heterocycles. The summed E-state index contributed by atoms with van der Waals surface area (Å²) in [6.45, 7) is -1.40. The highest BCUT2D eigenvalue weighted by Gasteiger charge is 2.27. The second kappa shape index (κ2) is 7.54. The number of carbonyl (C=O) groups is 1. The number of imidazole rings is 2. The average Bonchev–Trinajstić information content (AvgIpc) is 3.31. The van der Waals surface area contributed by atoms with Gasteiger partial charge in [-0.1, -0.05) is 12.1 Å². The van der Waals surface area contributed by atoms with E-state index in [1.807, 2.05) is 40.4 Å². The first-order chi connectivity index (χ1) is 14.3. The van der Waals surface area contributed by atoms with Gasteiger partial charge in [0.2, 0.25) is 0 Å². The molecular formula is C20H17F3N6O. The van der Waals surface area contributed by atoms with Crippen LogP contribution in [0.5, 0.6) is 0 Å². The van der Waals surface area contributed by atoms with Crippen LogP contribution in [0.1, 0.15) is 0 Å². The number of amides is 2. The lowest BCUT2D eigenvalue weighted by Crippen LogP contribution is -2.36. The van der Waals surface area contributed by atoms with Crippen molar-refractivity contribution in [3.05, 3.63) is 61.3 Å². The Labute approximate surface area is 169 Å². The van der Waals surface area contributed by atoms with E-state index in [-0.39, 0.29) is 0 Å². The third-order valence-corrected chi connectivity index (χ3v) is 4.49. The number of fused-ring (bicyclic) bond motifs is 1. The molecule has 30 heavy (non-hydrogen) atoms. The second-order valence-electron chi connectivity index (χ2n) is 6.68. The minimum Gasteiger partial charge on any atom is -0.334 e. The molecule has 0 atom stereocenters. The van der Waals surface area contributed by atoms with Crippen molar-refractivity contribution in [3.63, 3.8) is 0 Å². The molecule has 0 unspecified atom stereocenters. The summed E-state index contributed by atoms with van der Waals surface area (Å²) in [5, 5.41) is 4.19. The summed E-state index contributed by atoms with van der Waals surface area (Å²) in [6, 6.07) is 9.76. The summed E-state index contributed by atoms with van der Waals surface area (Å²) in [5.74, 6) is 0. The molecule has 2 N–H and O–H groups in total. The van der Waals surface area contributed by atoms with Gasteiger partial charge in [0.05, 0.1) is 30.1 Å². The SMILES string of the molecule is Cn1cncc1-c1ccn2c(-c3cccc(NC(=O)NCC(F)(F)F)c3)cnc2c1. The molecule has 0 aliphatic rings. The number of rotatable bonds is 4. The van der Waals surface area contributed by atoms with Crippen LogP contribution in [0.2, 0.25) is 0 Å². The molecule has 1 aromatic carbocycles. The Kier molecular flexibility index (Phi) is 4.90. The quantitative estimate of drug-likeness (QED) is 0.528. The van der Waals surface area contributed by atoms with Crippen LogP contribution in [0.3, 0.4) is 0 Å². The van der Waals surface area contributed by atoms with E-state index >= 15 is 0 Å². The summed E-state index contributed by atoms with van der Waals surface area (Å²) in [5.41, 5.74) is 4.55. The first kappa shape index (κ1) is 19.5. The van der Waals surface area contributed by atoms with Gasteiger partial charge in [0.25, 0.3) is 0 Å². The van der Waals surface area contributed by atoms with E-state index in [1.54, 1.807) is 42.2 Å². The molecule has 0 bridgehead atoms. The van der Waals surface area contributed by atoms with Crippen molar-refractivity contribution in [2.75, 3.05) is 11.9 Å². The van der Waals surface area contributed by atoms with Crippen LogP contribution in [-0.4, -0.2) is 37.7 Å². The Bertz CT molecular complexity index is 1210. The molecule has 0 aliphatic carbocycles. The van der Waals surface area contributed by atoms with Crippen molar-refractivity contribution in [3.8, 4) is 22.5 Å². The van der Waals surface area contributed by atoms with Gasteiger partial charge >= 0.3 is 12.2 Å². The van der Waals surface area contributed by atoms with Crippen molar-refractivity contribution in [1.29, 1.82) is 0 Å². The topological polar surface area (TPSA) is 76.2 Å². The number of aromatic nitrogens is 4. The van der Waals surface area contributed by atoms with Gasteiger partial charge in [-0.05, 0) is 24.3 Å². The van der Waals surface area contributed by atoms with E-state index < -0.39 is 18.8 Å². The molecule has 7 nitrogen and oxygen atoms in total. The Hall–Kier alpha value is -3.82. The molecule has 10 heteroatoms. The van der Waals surface area contributed by atoms with Crippen molar-refractivity contribution < 1.29 is 18.0 Å². The van der Waals surface area contributed by atoms with Gasteiger partial charge in [0.15, 0.2) is 0 Å². The zero-order valence-electron chi connectivity index (χ0n) is 15.8. The number of anilines is 1. The van der Waals surface area contributed by atoms with E-state index in [4.69, 9.17) is 0 Å². The van der Waals surface area contributed by atoms with Crippen LogP contribution < -0.4 is 10.6 Å². The smallest absolute Gasteiger partial charge is 0.334 e. The Balaban J connectivity index is 1.58. The fraction of sp³-hybridized carbons (Fsp3) is 0.150. The van der Waals surface area contributed by atoms with Crippen LogP contribution in [0.4, 0.5) is 23.7 Å². The number of nitrogens with zero attached hydrogens (tertiary/aromatic N) is 4. The number of pyridine rings is 1. The normalized spacial score (nSPS) is 11.6. The first-order valence-electron chi connectivity index (χ1n) is 8.96. The van der Waals surface area contributed by atoms with E-state index in [0.717, 1.165) is 28.2 Å². The maximum atomic E-state index is 12.2. The summed E-state index contributed by atoms with van der Waals surface area (Å²) in [6.07, 6.45) is 2.61. The van der Waals surface area contributed by atoms with Gasteiger partial charge < -0.3 is 15.2 Å². The fourth-order valence-corrected chi connectivity index (χ4v) is 3.10. The van der Waals surface area contributed by atoms with E-state index in [9.17, 15) is 18.0 Å². The number of carbonyl (C=O) groups excluding carboxylic acids is 1. The third kappa shape index (κ3) is 4.12. The predicted octanol–water partition coefficient (Wildman–Crippen LogP) is 4.09. The summed E-state index contributed by atoms with van der Waals surface area (Å²) in [4.78, 5) is 20.3. The highest BCUT2D eigenvalue weighted by atomic mass is 19.4. The van der Waals surface area contributed by atoms with Crippen molar-refractivity contribution in [2.45, 2.75) is 6.18 Å². The number of hydrogen-bond acceptors (Lipinski definition) is 3. The van der Waals surface area contributed by atoms with E-state index in [2.05, 4.69) is 15.3 Å². The van der Waals surface area contributed by atoms with Crippen molar-refractivity contribution in [1.82, 2.24) is 24.3 Å². The lowest BCUT2D eigenvalue weighted by atomic mass is 10.1. The molecule has 4 aromatic rings. The maximum Gasteiger partial charge on any atom is 0.405 e. The minimum atomic E-state index is -4.47. The van der Waals surface area contributed by atoms with Crippen LogP contribution in [0, 0.1) is 0 Å². The molecule has 0 aliphatic heterocycles. The average molecular weight is 414 g/mol. The van der Waals surface area contributed by atoms with Crippen LogP contribution in [0.15, 0.2) is 61.3 Å². The third-order valence-electron chi connectivity index (χ3n) is 4.49. The number of benzene rings is 1. The van der Waals surface area contributed by atoms with E-state index in [0.29, 0.717) is 5.69 Å². The molecule has 0 spiro atoms. The lowest BCUT2D eigenvalue weighted by molar-refractivity contribution is -0.122. The number of aryl methyl sites for hydroxylation is 1. The summed E-state index contributed by atoms with van der Waals surface area (Å²) < 4.78 is 40.5. The number of nitrogens with one attached hydrogen (secondary N) is 2. The number of halogens is 3. The molecule has 3 aromatic heterocycles. The van der Waals surface area contributed by atoms with Crippen molar-refractivity contribution >= 4 is 17.4 Å². The standard InChI is InChI=1S/C20H17F3N6O/c1-28-12-24-9-16(28)14-5-6-29-17(10-25-18(29)8-14)13-3-2-4-15(7-13)27-19(30)26-11-20(21,22)23/h2-10,12H,11H2,1H3,(H2,26,27,30). The van der Waals surface area contributed by atoms with Gasteiger partial charge in [-0.15, -0.1) is 0 Å². The minimum absolute atomic E-state index is 0.369. The first-order valence-corrected chi connectivity index (χ1v) is 8.96. The lowest BCUT2D eigenvalue weighted by Gasteiger charge is -2.11. The molecule has 0 saturated carbocycles. The zero-order chi connectivity index (χ0) is 21.3. The molecule has 0 fully saturated rings. The molecular weight excluding hydrogens is 397 g/mol. The monoisotopic (exact) mass is 414 g/mol. The Morgan fingerprint density at radius 1 is 1.10 bits per heavy atom. The number of alkyl halides is 3. The molecule has 2 amide bonds. The highest BCUT2D eigenvalue weighted by Crippen LogP contribution is 2.26. The van der Waals surface area contributed by atoms with Gasteiger partial charge in [0.1, 0.15) is 12.2 Å². The Morgan fingerprint density at radius 2 is 1.90 bits per heavy atom. The second-order valence-corrected chi connectivity index (χ2v) is 6.68. The van der Waals surface area contributed by atoms with Gasteiger partial charge in [-0.2, -0.15) is 13.2 Å². The number of urea groups is 1. The van der Waals surface area contributed by atoms with Gasteiger partial charge in [-0.3, -0.25) is 4.40 Å². The Morgan fingerprint density at radius 3 is 2.63 bits per heavy atom. The maximum absolute atomic E-state index is 12.2. The van der Waals surface area contributed by atoms with Crippen molar-refractivity contribution in [2.24, 2.45) is 7.05 Å².